The van der Waals surface area contributed by atoms with E-state index in [1.807, 2.05) is 0 Å². The van der Waals surface area contributed by atoms with E-state index in [2.05, 4.69) is 22.1 Å². The molecule has 1 aromatic heterocycles. The first-order valence-electron chi connectivity index (χ1n) is 8.43. The van der Waals surface area contributed by atoms with Crippen molar-refractivity contribution >= 4 is 17.6 Å². The third-order valence-corrected chi connectivity index (χ3v) is 5.53. The minimum absolute atomic E-state index is 0.159. The number of aromatic nitrogens is 1. The molecule has 3 aliphatic rings. The molecule has 1 saturated heterocycles. The van der Waals surface area contributed by atoms with Gasteiger partial charge in [0.25, 0.3) is 5.91 Å². The van der Waals surface area contributed by atoms with Crippen molar-refractivity contribution in [3.05, 3.63) is 22.9 Å². The van der Waals surface area contributed by atoms with Gasteiger partial charge in [0.2, 0.25) is 5.91 Å². The summed E-state index contributed by atoms with van der Waals surface area (Å²) in [5.41, 5.74) is 8.61. The van der Waals surface area contributed by atoms with Crippen LogP contribution >= 0.6 is 0 Å². The topological polar surface area (TPSA) is 88.3 Å². The summed E-state index contributed by atoms with van der Waals surface area (Å²) in [6, 6.07) is 0.264. The second kappa shape index (κ2) is 5.30. The van der Waals surface area contributed by atoms with Gasteiger partial charge < -0.3 is 10.6 Å². The summed E-state index contributed by atoms with van der Waals surface area (Å²) in [5, 5.41) is 2.48. The lowest BCUT2D eigenvalue weighted by atomic mass is 9.72. The summed E-state index contributed by atoms with van der Waals surface area (Å²) in [5.74, 6) is 0.514. The number of anilines is 1. The fraction of sp³-hybridized carbons (Fsp3) is 0.588. The second-order valence-electron chi connectivity index (χ2n) is 7.02. The van der Waals surface area contributed by atoms with Crippen LogP contribution in [0.4, 0.5) is 5.82 Å². The summed E-state index contributed by atoms with van der Waals surface area (Å²) < 4.78 is 0. The Kier molecular flexibility index (Phi) is 3.37. The van der Waals surface area contributed by atoms with Crippen molar-refractivity contribution in [2.45, 2.75) is 44.6 Å². The van der Waals surface area contributed by atoms with E-state index < -0.39 is 0 Å². The molecule has 1 fully saturated rings. The number of hydrogen-bond donors (Lipinski definition) is 2. The van der Waals surface area contributed by atoms with Gasteiger partial charge in [0, 0.05) is 25.3 Å². The van der Waals surface area contributed by atoms with E-state index in [4.69, 9.17) is 5.73 Å². The van der Waals surface area contributed by atoms with Crippen molar-refractivity contribution in [1.29, 1.82) is 0 Å². The highest BCUT2D eigenvalue weighted by Crippen LogP contribution is 2.43. The summed E-state index contributed by atoms with van der Waals surface area (Å²) in [6.07, 6.45) is 5.39. The number of pyridine rings is 1. The van der Waals surface area contributed by atoms with Gasteiger partial charge in [-0.15, -0.1) is 0 Å². The molecule has 2 aliphatic heterocycles. The van der Waals surface area contributed by atoms with Gasteiger partial charge in [0.1, 0.15) is 5.82 Å². The zero-order chi connectivity index (χ0) is 16.1. The molecule has 3 N–H and O–H groups in total. The van der Waals surface area contributed by atoms with E-state index in [1.54, 1.807) is 6.20 Å². The third-order valence-electron chi connectivity index (χ3n) is 5.53. The minimum Gasteiger partial charge on any atom is -0.356 e. The van der Waals surface area contributed by atoms with Crippen LogP contribution in [0.25, 0.3) is 0 Å². The normalized spacial score (nSPS) is 27.7. The maximum absolute atomic E-state index is 12.3. The number of rotatable bonds is 1. The van der Waals surface area contributed by atoms with Crippen LogP contribution in [0.3, 0.4) is 0 Å². The second-order valence-corrected chi connectivity index (χ2v) is 7.02. The van der Waals surface area contributed by atoms with Gasteiger partial charge in [-0.25, -0.2) is 4.98 Å². The van der Waals surface area contributed by atoms with Crippen LogP contribution in [-0.4, -0.2) is 35.9 Å². The van der Waals surface area contributed by atoms with E-state index >= 15 is 0 Å². The Morgan fingerprint density at radius 2 is 2.00 bits per heavy atom. The lowest BCUT2D eigenvalue weighted by Gasteiger charge is -2.38. The van der Waals surface area contributed by atoms with Gasteiger partial charge in [-0.05, 0) is 42.7 Å². The molecule has 6 heteroatoms. The van der Waals surface area contributed by atoms with Gasteiger partial charge in [0.05, 0.1) is 11.5 Å². The lowest BCUT2D eigenvalue weighted by molar-refractivity contribution is -0.123. The molecule has 0 spiro atoms. The Hall–Kier alpha value is -1.95. The molecule has 1 aromatic rings. The molecule has 0 bridgehead atoms. The van der Waals surface area contributed by atoms with Gasteiger partial charge >= 0.3 is 0 Å². The molecule has 0 radical (unpaired) electrons. The SMILES string of the molecule is CC1CCc2c(N3CCC(N)CC3)ncc3c2C1C(=O)NC3=O. The predicted molar refractivity (Wildman–Crippen MR) is 86.4 cm³/mol. The number of piperidine rings is 1. The van der Waals surface area contributed by atoms with Crippen molar-refractivity contribution in [3.8, 4) is 0 Å². The third kappa shape index (κ3) is 2.24. The van der Waals surface area contributed by atoms with Crippen molar-refractivity contribution in [1.82, 2.24) is 10.3 Å². The van der Waals surface area contributed by atoms with Gasteiger partial charge in [0.15, 0.2) is 0 Å². The lowest BCUT2D eigenvalue weighted by Crippen LogP contribution is -2.46. The highest BCUT2D eigenvalue weighted by molar-refractivity contribution is 6.12. The predicted octanol–water partition coefficient (Wildman–Crippen LogP) is 0.945. The minimum atomic E-state index is -0.309. The van der Waals surface area contributed by atoms with Crippen molar-refractivity contribution in [2.24, 2.45) is 11.7 Å². The van der Waals surface area contributed by atoms with E-state index in [-0.39, 0.29) is 29.7 Å². The highest BCUT2D eigenvalue weighted by Gasteiger charge is 2.41. The zero-order valence-corrected chi connectivity index (χ0v) is 13.3. The van der Waals surface area contributed by atoms with Crippen LogP contribution in [-0.2, 0) is 11.2 Å². The number of nitrogens with two attached hydrogens (primary N) is 1. The molecule has 1 aliphatic carbocycles. The number of hydrogen-bond acceptors (Lipinski definition) is 5. The molecule has 6 nitrogen and oxygen atoms in total. The van der Waals surface area contributed by atoms with Crippen molar-refractivity contribution in [2.75, 3.05) is 18.0 Å². The maximum atomic E-state index is 12.3. The Morgan fingerprint density at radius 3 is 2.74 bits per heavy atom. The Bertz CT molecular complexity index is 679. The smallest absolute Gasteiger partial charge is 0.259 e. The number of carbonyl (C=O) groups is 2. The van der Waals surface area contributed by atoms with Crippen LogP contribution in [0.15, 0.2) is 6.20 Å². The number of amides is 2. The van der Waals surface area contributed by atoms with E-state index in [9.17, 15) is 9.59 Å². The number of carbonyl (C=O) groups excluding carboxylic acids is 2. The Morgan fingerprint density at radius 1 is 1.26 bits per heavy atom. The average molecular weight is 314 g/mol. The Labute approximate surface area is 135 Å². The summed E-state index contributed by atoms with van der Waals surface area (Å²) in [7, 11) is 0. The van der Waals surface area contributed by atoms with E-state index in [0.29, 0.717) is 5.56 Å². The van der Waals surface area contributed by atoms with Gasteiger partial charge in [-0.2, -0.15) is 0 Å². The quantitative estimate of drug-likeness (QED) is 0.753. The van der Waals surface area contributed by atoms with Crippen LogP contribution in [0.5, 0.6) is 0 Å². The van der Waals surface area contributed by atoms with E-state index in [0.717, 1.165) is 55.7 Å². The molecular weight excluding hydrogens is 292 g/mol. The van der Waals surface area contributed by atoms with Crippen LogP contribution in [0, 0.1) is 5.92 Å². The van der Waals surface area contributed by atoms with Crippen molar-refractivity contribution in [3.63, 3.8) is 0 Å². The largest absolute Gasteiger partial charge is 0.356 e. The Balaban J connectivity index is 1.82. The number of imide groups is 1. The maximum Gasteiger partial charge on any atom is 0.259 e. The molecule has 0 aromatic carbocycles. The van der Waals surface area contributed by atoms with Crippen LogP contribution in [0.2, 0.25) is 0 Å². The fourth-order valence-electron chi connectivity index (χ4n) is 4.19. The van der Waals surface area contributed by atoms with Gasteiger partial charge in [-0.1, -0.05) is 6.92 Å². The highest BCUT2D eigenvalue weighted by atomic mass is 16.2. The molecule has 2 unspecified atom stereocenters. The van der Waals surface area contributed by atoms with Crippen LogP contribution in [0.1, 0.15) is 53.6 Å². The van der Waals surface area contributed by atoms with Crippen LogP contribution < -0.4 is 16.0 Å². The average Bonchev–Trinajstić information content (AvgIpc) is 2.53. The molecule has 4 rings (SSSR count). The van der Waals surface area contributed by atoms with E-state index in [1.165, 1.54) is 0 Å². The monoisotopic (exact) mass is 314 g/mol. The summed E-state index contributed by atoms with van der Waals surface area (Å²) >= 11 is 0. The molecule has 2 atom stereocenters. The van der Waals surface area contributed by atoms with Crippen molar-refractivity contribution < 1.29 is 9.59 Å². The standard InChI is InChI=1S/C17H22N4O2/c1-9-2-3-11-14-12(16(22)20-17(23)13(9)14)8-19-15(11)21-6-4-10(18)5-7-21/h8-10,13H,2-7,18H2,1H3,(H,20,22,23). The molecule has 3 heterocycles. The first-order valence-corrected chi connectivity index (χ1v) is 8.43. The summed E-state index contributed by atoms with van der Waals surface area (Å²) in [4.78, 5) is 31.4. The first kappa shape index (κ1) is 14.6. The molecule has 2 amide bonds. The number of nitrogens with zero attached hydrogens (tertiary/aromatic N) is 2. The zero-order valence-electron chi connectivity index (χ0n) is 13.3. The number of nitrogens with one attached hydrogen (secondary N) is 1. The van der Waals surface area contributed by atoms with Gasteiger partial charge in [-0.3, -0.25) is 14.9 Å². The molecule has 0 saturated carbocycles. The molecular formula is C17H22N4O2. The fourth-order valence-corrected chi connectivity index (χ4v) is 4.19. The first-order chi connectivity index (χ1) is 11.1. The molecule has 23 heavy (non-hydrogen) atoms. The molecule has 122 valence electrons. The summed E-state index contributed by atoms with van der Waals surface area (Å²) in [6.45, 7) is 3.87.